The number of benzene rings is 1. The van der Waals surface area contributed by atoms with E-state index in [1.54, 1.807) is 15.6 Å². The number of aromatic nitrogens is 5. The molecule has 9 heteroatoms. The van der Waals surface area contributed by atoms with Gasteiger partial charge in [0.05, 0.1) is 34.5 Å². The fourth-order valence-corrected chi connectivity index (χ4v) is 3.87. The molecule has 5 aromatic rings. The molecule has 0 unspecified atom stereocenters. The molecule has 4 heterocycles. The van der Waals surface area contributed by atoms with Crippen LogP contribution < -0.4 is 5.73 Å². The number of hydrogen-bond donors (Lipinski definition) is 1. The van der Waals surface area contributed by atoms with Crippen molar-refractivity contribution in [1.29, 1.82) is 0 Å². The fraction of sp³-hybridized carbons (Fsp3) is 0.182. The van der Waals surface area contributed by atoms with Gasteiger partial charge in [-0.15, -0.1) is 0 Å². The van der Waals surface area contributed by atoms with Gasteiger partial charge in [0.2, 0.25) is 0 Å². The van der Waals surface area contributed by atoms with Crippen molar-refractivity contribution in [2.45, 2.75) is 20.4 Å². The Labute approximate surface area is 176 Å². The molecular formula is C22H20FN7O. The topological polar surface area (TPSA) is 93.8 Å². The van der Waals surface area contributed by atoms with Crippen LogP contribution in [0.5, 0.6) is 0 Å². The Bertz CT molecular complexity index is 1440. The summed E-state index contributed by atoms with van der Waals surface area (Å²) in [6.07, 6.45) is 5.36. The minimum Gasteiger partial charge on any atom is -0.382 e. The highest BCUT2D eigenvalue weighted by atomic mass is 19.1. The molecule has 0 saturated heterocycles. The summed E-state index contributed by atoms with van der Waals surface area (Å²) in [6.45, 7) is 4.35. The van der Waals surface area contributed by atoms with Gasteiger partial charge in [0.1, 0.15) is 29.1 Å². The number of halogens is 1. The zero-order chi connectivity index (χ0) is 21.7. The number of imidazole rings is 2. The number of aryl methyl sites for hydroxylation is 1. The third-order valence-electron chi connectivity index (χ3n) is 5.42. The Morgan fingerprint density at radius 2 is 2.10 bits per heavy atom. The van der Waals surface area contributed by atoms with Gasteiger partial charge in [0.25, 0.3) is 5.91 Å². The number of fused-ring (bicyclic) bond motifs is 4. The molecule has 4 aromatic heterocycles. The minimum atomic E-state index is -0.644. The summed E-state index contributed by atoms with van der Waals surface area (Å²) in [5.41, 5.74) is 9.80. The summed E-state index contributed by atoms with van der Waals surface area (Å²) >= 11 is 0. The van der Waals surface area contributed by atoms with E-state index in [0.29, 0.717) is 28.8 Å². The summed E-state index contributed by atoms with van der Waals surface area (Å²) in [5.74, 6) is -0.794. The first-order valence-electron chi connectivity index (χ1n) is 9.90. The molecule has 8 nitrogen and oxygen atoms in total. The highest BCUT2D eigenvalue weighted by Crippen LogP contribution is 2.25. The second kappa shape index (κ2) is 7.05. The van der Waals surface area contributed by atoms with Crippen LogP contribution in [0.4, 0.5) is 10.2 Å². The van der Waals surface area contributed by atoms with Crippen molar-refractivity contribution in [1.82, 2.24) is 28.7 Å². The number of anilines is 1. The molecule has 0 saturated carbocycles. The van der Waals surface area contributed by atoms with Crippen LogP contribution in [0.2, 0.25) is 0 Å². The lowest BCUT2D eigenvalue weighted by Crippen LogP contribution is -2.31. The molecular weight excluding hydrogens is 397 g/mol. The maximum Gasteiger partial charge on any atom is 0.257 e. The van der Waals surface area contributed by atoms with Crippen LogP contribution in [-0.4, -0.2) is 41.1 Å². The van der Waals surface area contributed by atoms with Crippen molar-refractivity contribution in [3.8, 4) is 0 Å². The lowest BCUT2D eigenvalue weighted by molar-refractivity contribution is 0.0746. The van der Waals surface area contributed by atoms with E-state index < -0.39 is 11.7 Å². The van der Waals surface area contributed by atoms with Gasteiger partial charge in [-0.1, -0.05) is 6.07 Å². The van der Waals surface area contributed by atoms with Crippen molar-refractivity contribution >= 4 is 33.9 Å². The van der Waals surface area contributed by atoms with Crippen LogP contribution in [0, 0.1) is 12.7 Å². The molecule has 156 valence electrons. The van der Waals surface area contributed by atoms with Crippen LogP contribution in [0.3, 0.4) is 0 Å². The quantitative estimate of drug-likeness (QED) is 0.485. The molecule has 2 N–H and O–H groups in total. The Hall–Kier alpha value is -4.01. The summed E-state index contributed by atoms with van der Waals surface area (Å²) in [4.78, 5) is 27.9. The molecule has 0 aliphatic rings. The molecule has 31 heavy (non-hydrogen) atoms. The van der Waals surface area contributed by atoms with Gasteiger partial charge in [-0.2, -0.15) is 0 Å². The van der Waals surface area contributed by atoms with Gasteiger partial charge in [-0.3, -0.25) is 9.20 Å². The zero-order valence-electron chi connectivity index (χ0n) is 17.1. The smallest absolute Gasteiger partial charge is 0.257 e. The molecule has 1 amide bonds. The molecule has 0 aliphatic heterocycles. The van der Waals surface area contributed by atoms with E-state index in [1.165, 1.54) is 12.1 Å². The lowest BCUT2D eigenvalue weighted by atomic mass is 10.1. The van der Waals surface area contributed by atoms with Crippen molar-refractivity contribution in [3.05, 3.63) is 71.8 Å². The third kappa shape index (κ3) is 3.05. The highest BCUT2D eigenvalue weighted by Gasteiger charge is 2.22. The zero-order valence-corrected chi connectivity index (χ0v) is 17.1. The van der Waals surface area contributed by atoms with Crippen LogP contribution in [0.25, 0.3) is 22.2 Å². The molecule has 5 rings (SSSR count). The first kappa shape index (κ1) is 19.0. The van der Waals surface area contributed by atoms with E-state index in [0.717, 1.165) is 11.3 Å². The number of nitrogen functional groups attached to an aromatic ring is 1. The number of nitrogens with two attached hydrogens (primary N) is 1. The predicted octanol–water partition coefficient (Wildman–Crippen LogP) is 3.22. The molecule has 0 radical (unpaired) electrons. The van der Waals surface area contributed by atoms with Crippen molar-refractivity contribution in [2.24, 2.45) is 0 Å². The number of amides is 1. The van der Waals surface area contributed by atoms with Crippen LogP contribution >= 0.6 is 0 Å². The lowest BCUT2D eigenvalue weighted by Gasteiger charge is -2.20. The highest BCUT2D eigenvalue weighted by molar-refractivity contribution is 5.98. The Morgan fingerprint density at radius 1 is 1.26 bits per heavy atom. The summed E-state index contributed by atoms with van der Waals surface area (Å²) in [7, 11) is 0. The second-order valence-electron chi connectivity index (χ2n) is 7.38. The number of hydrogen-bond acceptors (Lipinski definition) is 5. The first-order valence-corrected chi connectivity index (χ1v) is 9.90. The van der Waals surface area contributed by atoms with Crippen LogP contribution in [0.1, 0.15) is 28.7 Å². The van der Waals surface area contributed by atoms with Gasteiger partial charge in [0, 0.05) is 25.0 Å². The van der Waals surface area contributed by atoms with E-state index in [4.69, 9.17) is 5.73 Å². The number of carbonyl (C=O) groups is 1. The van der Waals surface area contributed by atoms with Gasteiger partial charge in [0.15, 0.2) is 0 Å². The summed E-state index contributed by atoms with van der Waals surface area (Å²) in [5, 5.41) is 0. The van der Waals surface area contributed by atoms with Crippen LogP contribution in [0.15, 0.2) is 49.1 Å². The van der Waals surface area contributed by atoms with Crippen molar-refractivity contribution in [2.75, 3.05) is 12.3 Å². The minimum absolute atomic E-state index is 0.0302. The van der Waals surface area contributed by atoms with Gasteiger partial charge < -0.3 is 15.0 Å². The van der Waals surface area contributed by atoms with Gasteiger partial charge >= 0.3 is 0 Å². The van der Waals surface area contributed by atoms with E-state index >= 15 is 0 Å². The standard InChI is InChI=1S/C22H20FN7O/c1-3-28(10-14-11-29-7-5-4-6-19(29)26-14)22(31)15-8-18-17(9-16(15)23)27-21(24)20-13(2)25-12-30(18)20/h4-9,11-12H,3,10H2,1-2H3,(H2,24,27). The molecule has 0 aliphatic carbocycles. The third-order valence-corrected chi connectivity index (χ3v) is 5.42. The van der Waals surface area contributed by atoms with Gasteiger partial charge in [-0.25, -0.2) is 19.3 Å². The first-order chi connectivity index (χ1) is 15.0. The normalized spacial score (nSPS) is 11.6. The number of nitrogens with zero attached hydrogens (tertiary/aromatic N) is 6. The monoisotopic (exact) mass is 417 g/mol. The van der Waals surface area contributed by atoms with Crippen molar-refractivity contribution in [3.63, 3.8) is 0 Å². The maximum absolute atomic E-state index is 14.9. The summed E-state index contributed by atoms with van der Waals surface area (Å²) < 4.78 is 18.6. The Morgan fingerprint density at radius 3 is 2.87 bits per heavy atom. The maximum atomic E-state index is 14.9. The van der Waals surface area contributed by atoms with Crippen LogP contribution in [-0.2, 0) is 6.54 Å². The van der Waals surface area contributed by atoms with Gasteiger partial charge in [-0.05, 0) is 32.0 Å². The average Bonchev–Trinajstić information content (AvgIpc) is 3.34. The largest absolute Gasteiger partial charge is 0.382 e. The molecule has 0 atom stereocenters. The van der Waals surface area contributed by atoms with E-state index in [9.17, 15) is 9.18 Å². The fourth-order valence-electron chi connectivity index (χ4n) is 3.87. The SMILES string of the molecule is CCN(Cc1cn2ccccc2n1)C(=O)c1cc2c(cc1F)nc(N)c1c(C)ncn12. The Kier molecular flexibility index (Phi) is 4.32. The molecule has 1 aromatic carbocycles. The van der Waals surface area contributed by atoms with E-state index in [-0.39, 0.29) is 17.9 Å². The van der Waals surface area contributed by atoms with Crippen molar-refractivity contribution < 1.29 is 9.18 Å². The average molecular weight is 417 g/mol. The van der Waals surface area contributed by atoms with E-state index in [2.05, 4.69) is 15.0 Å². The Balaban J connectivity index is 1.56. The van der Waals surface area contributed by atoms with E-state index in [1.807, 2.05) is 48.8 Å². The summed E-state index contributed by atoms with van der Waals surface area (Å²) in [6, 6.07) is 8.46. The molecule has 0 bridgehead atoms. The number of rotatable bonds is 4. The molecule has 0 spiro atoms. The second-order valence-corrected chi connectivity index (χ2v) is 7.38. The number of carbonyl (C=O) groups excluding carboxylic acids is 1. The number of pyridine rings is 1. The molecule has 0 fully saturated rings. The predicted molar refractivity (Wildman–Crippen MR) is 115 cm³/mol.